The second-order valence-electron chi connectivity index (χ2n) is 5.22. The lowest BCUT2D eigenvalue weighted by molar-refractivity contribution is -0.136. The highest BCUT2D eigenvalue weighted by Crippen LogP contribution is 2.29. The summed E-state index contributed by atoms with van der Waals surface area (Å²) in [6.07, 6.45) is 4.09. The molecule has 2 N–H and O–H groups in total. The van der Waals surface area contributed by atoms with Crippen LogP contribution in [-0.2, 0) is 22.5 Å². The predicted molar refractivity (Wildman–Crippen MR) is 74.1 cm³/mol. The first-order valence-corrected chi connectivity index (χ1v) is 7.12. The summed E-state index contributed by atoms with van der Waals surface area (Å²) in [7, 11) is 1.64. The zero-order chi connectivity index (χ0) is 14.4. The van der Waals surface area contributed by atoms with Gasteiger partial charge in [-0.3, -0.25) is 4.79 Å². The summed E-state index contributed by atoms with van der Waals surface area (Å²) in [5.74, 6) is 1.41. The van der Waals surface area contributed by atoms with E-state index >= 15 is 0 Å². The summed E-state index contributed by atoms with van der Waals surface area (Å²) >= 11 is 0. The van der Waals surface area contributed by atoms with Gasteiger partial charge in [0.05, 0.1) is 24.8 Å². The number of carbonyl (C=O) groups excluding carboxylic acids is 1. The van der Waals surface area contributed by atoms with Crippen molar-refractivity contribution in [2.75, 3.05) is 26.8 Å². The zero-order valence-electron chi connectivity index (χ0n) is 12.2. The van der Waals surface area contributed by atoms with E-state index in [4.69, 9.17) is 9.15 Å². The molecule has 20 heavy (non-hydrogen) atoms. The Morgan fingerprint density at radius 2 is 2.30 bits per heavy atom. The van der Waals surface area contributed by atoms with Crippen molar-refractivity contribution in [2.45, 2.75) is 32.7 Å². The third-order valence-electron chi connectivity index (χ3n) is 3.81. The van der Waals surface area contributed by atoms with Crippen molar-refractivity contribution in [2.24, 2.45) is 5.41 Å². The quantitative estimate of drug-likeness (QED) is 0.809. The molecule has 1 aliphatic rings. The number of ether oxygens (including phenoxy) is 1. The molecule has 6 nitrogen and oxygen atoms in total. The molecule has 0 spiro atoms. The Morgan fingerprint density at radius 3 is 2.90 bits per heavy atom. The lowest BCUT2D eigenvalue weighted by atomic mass is 9.78. The monoisotopic (exact) mass is 281 g/mol. The molecule has 0 aromatic carbocycles. The fourth-order valence-electron chi connectivity index (χ4n) is 2.56. The van der Waals surface area contributed by atoms with Gasteiger partial charge in [0.1, 0.15) is 5.76 Å². The number of hydrogen-bond acceptors (Lipinski definition) is 5. The molecule has 1 saturated heterocycles. The van der Waals surface area contributed by atoms with Crippen molar-refractivity contribution in [3.05, 3.63) is 17.8 Å². The van der Waals surface area contributed by atoms with E-state index in [2.05, 4.69) is 15.6 Å². The SMILES string of the molecule is CCc1cnc(CNC(=O)C2(COC)CCNCC2)o1. The molecular weight excluding hydrogens is 258 g/mol. The molecule has 1 aliphatic heterocycles. The topological polar surface area (TPSA) is 76.4 Å². The molecule has 1 amide bonds. The lowest BCUT2D eigenvalue weighted by Crippen LogP contribution is -2.50. The molecule has 0 atom stereocenters. The third kappa shape index (κ3) is 3.37. The molecule has 2 rings (SSSR count). The Bertz CT molecular complexity index is 433. The Hall–Kier alpha value is -1.40. The minimum absolute atomic E-state index is 0.0251. The van der Waals surface area contributed by atoms with Gasteiger partial charge in [-0.25, -0.2) is 4.98 Å². The van der Waals surface area contributed by atoms with Crippen LogP contribution >= 0.6 is 0 Å². The zero-order valence-corrected chi connectivity index (χ0v) is 12.2. The number of nitrogens with one attached hydrogen (secondary N) is 2. The standard InChI is InChI=1S/C14H23N3O3/c1-3-11-8-16-12(20-11)9-17-13(18)14(10-19-2)4-6-15-7-5-14/h8,15H,3-7,9-10H2,1-2H3,(H,17,18). The van der Waals surface area contributed by atoms with Crippen molar-refractivity contribution in [3.8, 4) is 0 Å². The molecule has 0 radical (unpaired) electrons. The summed E-state index contributed by atoms with van der Waals surface area (Å²) in [5.41, 5.74) is -0.430. The molecular formula is C14H23N3O3. The highest BCUT2D eigenvalue weighted by atomic mass is 16.5. The number of oxazole rings is 1. The Kier molecular flexibility index (Phi) is 5.14. The highest BCUT2D eigenvalue weighted by molar-refractivity contribution is 5.82. The van der Waals surface area contributed by atoms with Gasteiger partial charge in [0.25, 0.3) is 0 Å². The van der Waals surface area contributed by atoms with Gasteiger partial charge in [0.2, 0.25) is 11.8 Å². The van der Waals surface area contributed by atoms with Crippen LogP contribution in [0.15, 0.2) is 10.6 Å². The number of carbonyl (C=O) groups is 1. The summed E-state index contributed by atoms with van der Waals surface area (Å²) < 4.78 is 10.7. The van der Waals surface area contributed by atoms with Gasteiger partial charge in [-0.2, -0.15) is 0 Å². The van der Waals surface area contributed by atoms with E-state index in [9.17, 15) is 4.79 Å². The highest BCUT2D eigenvalue weighted by Gasteiger charge is 2.39. The molecule has 1 aromatic rings. The summed E-state index contributed by atoms with van der Waals surface area (Å²) in [6, 6.07) is 0. The Labute approximate surface area is 119 Å². The number of aryl methyl sites for hydroxylation is 1. The van der Waals surface area contributed by atoms with Crippen molar-refractivity contribution in [1.29, 1.82) is 0 Å². The van der Waals surface area contributed by atoms with Crippen LogP contribution in [-0.4, -0.2) is 37.7 Å². The van der Waals surface area contributed by atoms with Crippen LogP contribution in [0.25, 0.3) is 0 Å². The Balaban J connectivity index is 1.94. The second-order valence-corrected chi connectivity index (χ2v) is 5.22. The van der Waals surface area contributed by atoms with Gasteiger partial charge >= 0.3 is 0 Å². The van der Waals surface area contributed by atoms with Crippen LogP contribution in [0.4, 0.5) is 0 Å². The van der Waals surface area contributed by atoms with Gasteiger partial charge in [0, 0.05) is 13.5 Å². The molecule has 0 saturated carbocycles. The molecule has 0 bridgehead atoms. The second kappa shape index (κ2) is 6.85. The summed E-state index contributed by atoms with van der Waals surface area (Å²) in [6.45, 7) is 4.47. The fraction of sp³-hybridized carbons (Fsp3) is 0.714. The minimum Gasteiger partial charge on any atom is -0.444 e. The maximum absolute atomic E-state index is 12.5. The third-order valence-corrected chi connectivity index (χ3v) is 3.81. The van der Waals surface area contributed by atoms with E-state index in [1.807, 2.05) is 6.92 Å². The number of hydrogen-bond donors (Lipinski definition) is 2. The summed E-state index contributed by atoms with van der Waals surface area (Å²) in [4.78, 5) is 16.6. The number of rotatable bonds is 6. The van der Waals surface area contributed by atoms with Gasteiger partial charge in [-0.05, 0) is 25.9 Å². The van der Waals surface area contributed by atoms with Crippen molar-refractivity contribution < 1.29 is 13.9 Å². The predicted octanol–water partition coefficient (Wildman–Crippen LogP) is 0.869. The number of methoxy groups -OCH3 is 1. The summed E-state index contributed by atoms with van der Waals surface area (Å²) in [5, 5.41) is 6.20. The number of aromatic nitrogens is 1. The lowest BCUT2D eigenvalue weighted by Gasteiger charge is -2.35. The van der Waals surface area contributed by atoms with E-state index in [0.717, 1.165) is 38.1 Å². The molecule has 6 heteroatoms. The largest absolute Gasteiger partial charge is 0.444 e. The molecule has 1 fully saturated rings. The molecule has 2 heterocycles. The average Bonchev–Trinajstić information content (AvgIpc) is 2.94. The van der Waals surface area contributed by atoms with Gasteiger partial charge in [-0.1, -0.05) is 6.92 Å². The number of piperidine rings is 1. The van der Waals surface area contributed by atoms with Crippen molar-refractivity contribution >= 4 is 5.91 Å². The van der Waals surface area contributed by atoms with E-state index in [1.54, 1.807) is 13.3 Å². The van der Waals surface area contributed by atoms with Crippen LogP contribution in [0.3, 0.4) is 0 Å². The first-order chi connectivity index (χ1) is 9.70. The van der Waals surface area contributed by atoms with E-state index in [-0.39, 0.29) is 5.91 Å². The van der Waals surface area contributed by atoms with Gasteiger partial charge in [0.15, 0.2) is 0 Å². The fourth-order valence-corrected chi connectivity index (χ4v) is 2.56. The molecule has 0 aliphatic carbocycles. The number of amides is 1. The maximum atomic E-state index is 12.5. The van der Waals surface area contributed by atoms with Crippen LogP contribution in [0.5, 0.6) is 0 Å². The molecule has 0 unspecified atom stereocenters. The van der Waals surface area contributed by atoms with E-state index in [0.29, 0.717) is 19.0 Å². The first kappa shape index (κ1) is 15.0. The Morgan fingerprint density at radius 1 is 1.55 bits per heavy atom. The number of nitrogens with zero attached hydrogens (tertiary/aromatic N) is 1. The normalized spacial score (nSPS) is 17.9. The van der Waals surface area contributed by atoms with Crippen LogP contribution in [0.1, 0.15) is 31.4 Å². The van der Waals surface area contributed by atoms with Gasteiger partial charge < -0.3 is 19.8 Å². The van der Waals surface area contributed by atoms with Crippen LogP contribution < -0.4 is 10.6 Å². The maximum Gasteiger partial charge on any atom is 0.229 e. The molecule has 112 valence electrons. The van der Waals surface area contributed by atoms with Crippen LogP contribution in [0, 0.1) is 5.41 Å². The smallest absolute Gasteiger partial charge is 0.229 e. The van der Waals surface area contributed by atoms with Crippen molar-refractivity contribution in [3.63, 3.8) is 0 Å². The van der Waals surface area contributed by atoms with Crippen molar-refractivity contribution in [1.82, 2.24) is 15.6 Å². The van der Waals surface area contributed by atoms with E-state index in [1.165, 1.54) is 0 Å². The minimum atomic E-state index is -0.430. The van der Waals surface area contributed by atoms with Gasteiger partial charge in [-0.15, -0.1) is 0 Å². The average molecular weight is 281 g/mol. The van der Waals surface area contributed by atoms with E-state index < -0.39 is 5.41 Å². The van der Waals surface area contributed by atoms with Crippen LogP contribution in [0.2, 0.25) is 0 Å². The first-order valence-electron chi connectivity index (χ1n) is 7.12. The molecule has 1 aromatic heterocycles.